The minimum absolute atomic E-state index is 0.0365. The molecule has 1 heterocycles. The third kappa shape index (κ3) is 3.66. The van der Waals surface area contributed by atoms with Crippen LogP contribution in [0.15, 0.2) is 29.2 Å². The molecule has 2 rings (SSSR count). The molecule has 1 aliphatic heterocycles. The molecule has 7 heteroatoms. The van der Waals surface area contributed by atoms with Crippen molar-refractivity contribution in [1.29, 1.82) is 0 Å². The van der Waals surface area contributed by atoms with E-state index in [-0.39, 0.29) is 10.8 Å². The van der Waals surface area contributed by atoms with Crippen molar-refractivity contribution in [2.75, 3.05) is 34.2 Å². The van der Waals surface area contributed by atoms with Crippen molar-refractivity contribution >= 4 is 15.9 Å². The van der Waals surface area contributed by atoms with Crippen molar-refractivity contribution in [2.45, 2.75) is 23.8 Å². The van der Waals surface area contributed by atoms with E-state index in [2.05, 4.69) is 23.7 Å². The Morgan fingerprint density at radius 3 is 2.18 bits per heavy atom. The molecule has 1 aromatic rings. The standard InChI is InChI=1S/C15H23N3O3S/c1-16-22(20,21)14-6-4-12(5-7-14)15(19)18-10-8-13(9-11-18)17(2)3/h4-7,13,16H,8-11H2,1-3H3. The Morgan fingerprint density at radius 2 is 1.73 bits per heavy atom. The van der Waals surface area contributed by atoms with Crippen molar-refractivity contribution in [3.8, 4) is 0 Å². The first-order chi connectivity index (χ1) is 10.3. The molecule has 122 valence electrons. The second kappa shape index (κ2) is 6.76. The number of amides is 1. The number of likely N-dealkylation sites (tertiary alicyclic amines) is 1. The predicted octanol–water partition coefficient (Wildman–Crippen LogP) is 0.761. The van der Waals surface area contributed by atoms with E-state index in [1.54, 1.807) is 12.1 Å². The molecule has 0 spiro atoms. The summed E-state index contributed by atoms with van der Waals surface area (Å²) < 4.78 is 25.6. The van der Waals surface area contributed by atoms with Crippen molar-refractivity contribution in [2.24, 2.45) is 0 Å². The normalized spacial score (nSPS) is 17.0. The molecule has 0 atom stereocenters. The second-order valence-electron chi connectivity index (χ2n) is 5.72. The zero-order valence-corrected chi connectivity index (χ0v) is 14.1. The molecule has 1 N–H and O–H groups in total. The van der Waals surface area contributed by atoms with Crippen molar-refractivity contribution in [3.05, 3.63) is 29.8 Å². The average Bonchev–Trinajstić information content (AvgIpc) is 2.54. The fourth-order valence-electron chi connectivity index (χ4n) is 2.66. The SMILES string of the molecule is CNS(=O)(=O)c1ccc(C(=O)N2CCC(N(C)C)CC2)cc1. The largest absolute Gasteiger partial charge is 0.339 e. The maximum absolute atomic E-state index is 12.5. The number of benzene rings is 1. The molecular weight excluding hydrogens is 302 g/mol. The fraction of sp³-hybridized carbons (Fsp3) is 0.533. The van der Waals surface area contributed by atoms with Gasteiger partial charge in [0.1, 0.15) is 0 Å². The topological polar surface area (TPSA) is 69.7 Å². The van der Waals surface area contributed by atoms with Crippen molar-refractivity contribution in [3.63, 3.8) is 0 Å². The van der Waals surface area contributed by atoms with Crippen LogP contribution in [-0.2, 0) is 10.0 Å². The predicted molar refractivity (Wildman–Crippen MR) is 85.3 cm³/mol. The minimum atomic E-state index is -3.46. The molecular formula is C15H23N3O3S. The number of carbonyl (C=O) groups is 1. The Labute approximate surface area is 132 Å². The summed E-state index contributed by atoms with van der Waals surface area (Å²) in [6.45, 7) is 1.47. The monoisotopic (exact) mass is 325 g/mol. The number of nitrogens with zero attached hydrogens (tertiary/aromatic N) is 2. The van der Waals surface area contributed by atoms with Crippen LogP contribution in [-0.4, -0.2) is 64.4 Å². The van der Waals surface area contributed by atoms with Gasteiger partial charge in [-0.05, 0) is 58.3 Å². The average molecular weight is 325 g/mol. The van der Waals surface area contributed by atoms with Crippen LogP contribution in [0.1, 0.15) is 23.2 Å². The zero-order valence-electron chi connectivity index (χ0n) is 13.2. The van der Waals surface area contributed by atoms with E-state index in [1.165, 1.54) is 19.2 Å². The van der Waals surface area contributed by atoms with Gasteiger partial charge in [-0.3, -0.25) is 4.79 Å². The van der Waals surface area contributed by atoms with E-state index in [4.69, 9.17) is 0 Å². The Bertz CT molecular complexity index is 618. The molecule has 0 bridgehead atoms. The lowest BCUT2D eigenvalue weighted by atomic mass is 10.0. The van der Waals surface area contributed by atoms with Crippen molar-refractivity contribution in [1.82, 2.24) is 14.5 Å². The van der Waals surface area contributed by atoms with Crippen LogP contribution in [0, 0.1) is 0 Å². The number of rotatable bonds is 4. The van der Waals surface area contributed by atoms with E-state index in [0.29, 0.717) is 11.6 Å². The van der Waals surface area contributed by atoms with E-state index < -0.39 is 10.0 Å². The fourth-order valence-corrected chi connectivity index (χ4v) is 3.39. The first-order valence-electron chi connectivity index (χ1n) is 7.34. The second-order valence-corrected chi connectivity index (χ2v) is 7.61. The molecule has 0 saturated carbocycles. The molecule has 1 aliphatic rings. The quantitative estimate of drug-likeness (QED) is 0.887. The third-order valence-corrected chi connectivity index (χ3v) is 5.59. The molecule has 0 radical (unpaired) electrons. The highest BCUT2D eigenvalue weighted by Gasteiger charge is 2.24. The summed E-state index contributed by atoms with van der Waals surface area (Å²) in [6.07, 6.45) is 1.93. The molecule has 6 nitrogen and oxygen atoms in total. The zero-order chi connectivity index (χ0) is 16.3. The Kier molecular flexibility index (Phi) is 5.20. The number of nitrogens with one attached hydrogen (secondary N) is 1. The van der Waals surface area contributed by atoms with Gasteiger partial charge in [-0.15, -0.1) is 0 Å². The summed E-state index contributed by atoms with van der Waals surface area (Å²) in [5, 5.41) is 0. The van der Waals surface area contributed by atoms with Gasteiger partial charge in [0.15, 0.2) is 0 Å². The Hall–Kier alpha value is -1.44. The van der Waals surface area contributed by atoms with Gasteiger partial charge in [0, 0.05) is 24.7 Å². The molecule has 1 fully saturated rings. The number of hydrogen-bond donors (Lipinski definition) is 1. The van der Waals surface area contributed by atoms with E-state index >= 15 is 0 Å². The number of carbonyl (C=O) groups excluding carboxylic acids is 1. The summed E-state index contributed by atoms with van der Waals surface area (Å²) >= 11 is 0. The van der Waals surface area contributed by atoms with Crippen LogP contribution < -0.4 is 4.72 Å². The first kappa shape index (κ1) is 16.9. The molecule has 0 aliphatic carbocycles. The third-order valence-electron chi connectivity index (χ3n) is 4.16. The summed E-state index contributed by atoms with van der Waals surface area (Å²) in [7, 11) is 2.02. The molecule has 0 unspecified atom stereocenters. The maximum Gasteiger partial charge on any atom is 0.253 e. The molecule has 1 amide bonds. The lowest BCUT2D eigenvalue weighted by Crippen LogP contribution is -2.44. The summed E-state index contributed by atoms with van der Waals surface area (Å²) in [6, 6.07) is 6.60. The van der Waals surface area contributed by atoms with Gasteiger partial charge in [0.25, 0.3) is 5.91 Å². The molecule has 22 heavy (non-hydrogen) atoms. The highest BCUT2D eigenvalue weighted by Crippen LogP contribution is 2.18. The van der Waals surface area contributed by atoms with Crippen LogP contribution in [0.4, 0.5) is 0 Å². The van der Waals surface area contributed by atoms with Crippen LogP contribution in [0.5, 0.6) is 0 Å². The van der Waals surface area contributed by atoms with E-state index in [9.17, 15) is 13.2 Å². The summed E-state index contributed by atoms with van der Waals surface area (Å²) in [5.74, 6) is -0.0365. The lowest BCUT2D eigenvalue weighted by Gasteiger charge is -2.35. The van der Waals surface area contributed by atoms with Crippen molar-refractivity contribution < 1.29 is 13.2 Å². The molecule has 1 saturated heterocycles. The van der Waals surface area contributed by atoms with Gasteiger partial charge in [-0.2, -0.15) is 0 Å². The highest BCUT2D eigenvalue weighted by molar-refractivity contribution is 7.89. The molecule has 1 aromatic carbocycles. The summed E-state index contributed by atoms with van der Waals surface area (Å²) in [4.78, 5) is 16.6. The Balaban J connectivity index is 2.05. The smallest absolute Gasteiger partial charge is 0.253 e. The van der Waals surface area contributed by atoms with Gasteiger partial charge >= 0.3 is 0 Å². The maximum atomic E-state index is 12.5. The van der Waals surface area contributed by atoms with Crippen LogP contribution in [0.25, 0.3) is 0 Å². The van der Waals surface area contributed by atoms with Gasteiger partial charge < -0.3 is 9.80 Å². The first-order valence-corrected chi connectivity index (χ1v) is 8.83. The summed E-state index contributed by atoms with van der Waals surface area (Å²) in [5.41, 5.74) is 0.526. The van der Waals surface area contributed by atoms with E-state index in [1.807, 2.05) is 4.90 Å². The van der Waals surface area contributed by atoms with Gasteiger partial charge in [0.2, 0.25) is 10.0 Å². The van der Waals surface area contributed by atoms with Crippen LogP contribution in [0.2, 0.25) is 0 Å². The number of hydrogen-bond acceptors (Lipinski definition) is 4. The Morgan fingerprint density at radius 1 is 1.18 bits per heavy atom. The lowest BCUT2D eigenvalue weighted by molar-refractivity contribution is 0.0663. The highest BCUT2D eigenvalue weighted by atomic mass is 32.2. The van der Waals surface area contributed by atoms with Gasteiger partial charge in [0.05, 0.1) is 4.90 Å². The van der Waals surface area contributed by atoms with E-state index in [0.717, 1.165) is 25.9 Å². The van der Waals surface area contributed by atoms with Crippen LogP contribution >= 0.6 is 0 Å². The number of piperidine rings is 1. The van der Waals surface area contributed by atoms with Gasteiger partial charge in [-0.1, -0.05) is 0 Å². The number of sulfonamides is 1. The molecule has 0 aromatic heterocycles. The minimum Gasteiger partial charge on any atom is -0.339 e. The van der Waals surface area contributed by atoms with Crippen LogP contribution in [0.3, 0.4) is 0 Å². The van der Waals surface area contributed by atoms with Gasteiger partial charge in [-0.25, -0.2) is 13.1 Å².